The molecule has 2 aromatic carbocycles. The van der Waals surface area contributed by atoms with Gasteiger partial charge in [0.25, 0.3) is 0 Å². The monoisotopic (exact) mass is 595 g/mol. The number of hydrogen-bond acceptors (Lipinski definition) is 5. The molecule has 0 saturated carbocycles. The molecule has 1 aromatic heterocycles. The normalized spacial score (nSPS) is 13.1. The van der Waals surface area contributed by atoms with E-state index in [4.69, 9.17) is 16.3 Å². The van der Waals surface area contributed by atoms with E-state index >= 15 is 0 Å². The van der Waals surface area contributed by atoms with Crippen LogP contribution in [-0.4, -0.2) is 43.1 Å². The molecule has 0 amide bonds. The molecule has 1 N–H and O–H groups in total. The van der Waals surface area contributed by atoms with Gasteiger partial charge in [-0.2, -0.15) is 26.3 Å². The summed E-state index contributed by atoms with van der Waals surface area (Å²) in [6, 6.07) is 6.49. The molecule has 0 aliphatic carbocycles. The Morgan fingerprint density at radius 1 is 0.951 bits per heavy atom. The van der Waals surface area contributed by atoms with E-state index < -0.39 is 41.7 Å². The average Bonchev–Trinajstić information content (AvgIpc) is 3.53. The molecule has 0 fully saturated rings. The number of aliphatic hydroxyl groups is 1. The van der Waals surface area contributed by atoms with Crippen molar-refractivity contribution >= 4 is 11.6 Å². The molecule has 0 spiro atoms. The molecular formula is C27H20ClF6N5O2. The Hall–Kier alpha value is -4.10. The van der Waals surface area contributed by atoms with Crippen molar-refractivity contribution < 1.29 is 36.2 Å². The van der Waals surface area contributed by atoms with Gasteiger partial charge in [-0.05, 0) is 48.9 Å². The van der Waals surface area contributed by atoms with Gasteiger partial charge in [-0.3, -0.25) is 0 Å². The fourth-order valence-electron chi connectivity index (χ4n) is 4.57. The number of pyridine rings is 1. The van der Waals surface area contributed by atoms with Crippen molar-refractivity contribution in [2.45, 2.75) is 25.3 Å². The topological polar surface area (TPSA) is 78.0 Å². The first-order valence-electron chi connectivity index (χ1n) is 11.9. The van der Waals surface area contributed by atoms with Crippen LogP contribution in [0.5, 0.6) is 5.75 Å². The minimum Gasteiger partial charge on any atom is -0.495 e. The number of imidazole rings is 1. The number of halogens is 7. The van der Waals surface area contributed by atoms with Gasteiger partial charge in [0.2, 0.25) is 0 Å². The van der Waals surface area contributed by atoms with Crippen molar-refractivity contribution in [3.05, 3.63) is 88.6 Å². The van der Waals surface area contributed by atoms with E-state index in [0.29, 0.717) is 40.4 Å². The van der Waals surface area contributed by atoms with Crippen LogP contribution in [0, 0.1) is 6.92 Å². The van der Waals surface area contributed by atoms with Crippen LogP contribution >= 0.6 is 11.6 Å². The number of hydrogen-bond donors (Lipinski definition) is 1. The molecule has 0 bridgehead atoms. The lowest BCUT2D eigenvalue weighted by atomic mass is 9.98. The van der Waals surface area contributed by atoms with E-state index in [1.54, 1.807) is 29.1 Å². The van der Waals surface area contributed by atoms with Crippen LogP contribution in [0.2, 0.25) is 5.02 Å². The fourth-order valence-corrected chi connectivity index (χ4v) is 4.79. The van der Waals surface area contributed by atoms with Crippen LogP contribution in [0.3, 0.4) is 0 Å². The number of alkyl halides is 6. The molecular weight excluding hydrogens is 576 g/mol. The number of aromatic nitrogens is 5. The van der Waals surface area contributed by atoms with Gasteiger partial charge in [0.05, 0.1) is 53.6 Å². The van der Waals surface area contributed by atoms with Gasteiger partial charge in [0.1, 0.15) is 11.4 Å². The lowest BCUT2D eigenvalue weighted by molar-refractivity contribution is -0.143. The Morgan fingerprint density at radius 3 is 2.20 bits per heavy atom. The summed E-state index contributed by atoms with van der Waals surface area (Å²) < 4.78 is 89.6. The minimum atomic E-state index is -5.06. The number of methoxy groups -OCH3 is 1. The highest BCUT2D eigenvalue weighted by Crippen LogP contribution is 2.41. The van der Waals surface area contributed by atoms with E-state index in [1.165, 1.54) is 23.9 Å². The maximum Gasteiger partial charge on any atom is 0.416 e. The van der Waals surface area contributed by atoms with E-state index in [9.17, 15) is 31.4 Å². The van der Waals surface area contributed by atoms with Crippen molar-refractivity contribution in [2.24, 2.45) is 0 Å². The maximum absolute atomic E-state index is 13.5. The Bertz CT molecular complexity index is 1660. The Kier molecular flexibility index (Phi) is 7.20. The van der Waals surface area contributed by atoms with E-state index in [-0.39, 0.29) is 16.9 Å². The van der Waals surface area contributed by atoms with Crippen LogP contribution < -0.4 is 4.74 Å². The van der Waals surface area contributed by atoms with Gasteiger partial charge in [-0.1, -0.05) is 17.7 Å². The summed E-state index contributed by atoms with van der Waals surface area (Å²) in [5, 5.41) is 18.7. The molecule has 2 aliphatic heterocycles. The highest BCUT2D eigenvalue weighted by atomic mass is 35.5. The largest absolute Gasteiger partial charge is 0.495 e. The molecule has 214 valence electrons. The summed E-state index contributed by atoms with van der Waals surface area (Å²) in [5.41, 5.74) is -0.716. The molecule has 1 atom stereocenters. The second-order valence-electron chi connectivity index (χ2n) is 9.20. The van der Waals surface area contributed by atoms with Crippen LogP contribution in [0.15, 0.2) is 61.2 Å². The molecule has 0 radical (unpaired) electrons. The summed E-state index contributed by atoms with van der Waals surface area (Å²) in [5.74, 6) is 0.561. The number of benzene rings is 2. The average molecular weight is 596 g/mol. The Balaban J connectivity index is 1.61. The highest BCUT2D eigenvalue weighted by Gasteiger charge is 2.38. The third-order valence-corrected chi connectivity index (χ3v) is 6.68. The first-order valence-corrected chi connectivity index (χ1v) is 12.3. The van der Waals surface area contributed by atoms with Crippen LogP contribution in [-0.2, 0) is 12.4 Å². The summed E-state index contributed by atoms with van der Waals surface area (Å²) in [6.07, 6.45) is -5.41. The molecule has 1 unspecified atom stereocenters. The maximum atomic E-state index is 13.5. The zero-order valence-corrected chi connectivity index (χ0v) is 22.1. The third-order valence-electron chi connectivity index (χ3n) is 6.48. The molecule has 3 aromatic rings. The summed E-state index contributed by atoms with van der Waals surface area (Å²) in [7, 11) is 1.49. The molecule has 41 heavy (non-hydrogen) atoms. The standard InChI is InChI=1S/C27H20ClF6N5O2/c1-14-10-38(13-35-14)21-4-3-15(7-23(21)41-2)24-20-9-19(28)11-39(25(20)37-36-24)22(12-40)16-5-17(26(29,30)31)8-18(6-16)27(32,33)34/h3-11,13,22,40H,12H2,1-2H3. The first kappa shape index (κ1) is 28.4. The van der Waals surface area contributed by atoms with E-state index in [0.717, 1.165) is 5.69 Å². The van der Waals surface area contributed by atoms with Gasteiger partial charge >= 0.3 is 12.4 Å². The number of nitrogens with zero attached hydrogens (tertiary/aromatic N) is 5. The second kappa shape index (κ2) is 10.4. The second-order valence-corrected chi connectivity index (χ2v) is 9.63. The van der Waals surface area contributed by atoms with Crippen LogP contribution in [0.1, 0.15) is 28.4 Å². The van der Waals surface area contributed by atoms with Crippen LogP contribution in [0.25, 0.3) is 28.3 Å². The molecule has 5 rings (SSSR count). The summed E-state index contributed by atoms with van der Waals surface area (Å²) in [4.78, 5) is 4.21. The molecule has 0 saturated heterocycles. The van der Waals surface area contributed by atoms with Crippen molar-refractivity contribution in [3.63, 3.8) is 0 Å². The number of rotatable bonds is 6. The Morgan fingerprint density at radius 2 is 1.63 bits per heavy atom. The van der Waals surface area contributed by atoms with Crippen molar-refractivity contribution in [1.29, 1.82) is 0 Å². The van der Waals surface area contributed by atoms with Gasteiger partial charge in [0.15, 0.2) is 5.82 Å². The fraction of sp³-hybridized carbons (Fsp3) is 0.222. The number of ether oxygens (including phenoxy) is 1. The number of aliphatic hydroxyl groups excluding tert-OH is 1. The Labute approximate surface area is 233 Å². The minimum absolute atomic E-state index is 0.0265. The molecule has 3 heterocycles. The van der Waals surface area contributed by atoms with Crippen molar-refractivity contribution in [2.75, 3.05) is 13.7 Å². The summed E-state index contributed by atoms with van der Waals surface area (Å²) in [6.45, 7) is 0.985. The quantitative estimate of drug-likeness (QED) is 0.218. The SMILES string of the molecule is COc1cc(-c2nnc3n(C(CO)c4cc(C(F)(F)F)cc(C(F)(F)F)c4)cc(Cl)cc2-3)ccc1-n1cnc(C)c1. The molecule has 7 nitrogen and oxygen atoms in total. The van der Waals surface area contributed by atoms with E-state index in [1.807, 2.05) is 13.1 Å². The number of fused-ring (bicyclic) bond motifs is 1. The smallest absolute Gasteiger partial charge is 0.416 e. The van der Waals surface area contributed by atoms with Crippen LogP contribution in [0.4, 0.5) is 26.3 Å². The third kappa shape index (κ3) is 5.46. The summed E-state index contributed by atoms with van der Waals surface area (Å²) >= 11 is 6.35. The predicted molar refractivity (Wildman–Crippen MR) is 137 cm³/mol. The predicted octanol–water partition coefficient (Wildman–Crippen LogP) is 6.83. The lowest BCUT2D eigenvalue weighted by Gasteiger charge is -2.24. The van der Waals surface area contributed by atoms with Gasteiger partial charge in [-0.25, -0.2) is 4.98 Å². The first-order chi connectivity index (χ1) is 19.3. The lowest BCUT2D eigenvalue weighted by Crippen LogP contribution is -2.20. The van der Waals surface area contributed by atoms with Gasteiger partial charge in [0, 0.05) is 23.5 Å². The molecule has 14 heteroatoms. The molecule has 2 aliphatic rings. The zero-order chi connectivity index (χ0) is 29.7. The highest BCUT2D eigenvalue weighted by molar-refractivity contribution is 6.30. The van der Waals surface area contributed by atoms with E-state index in [2.05, 4.69) is 15.2 Å². The zero-order valence-electron chi connectivity index (χ0n) is 21.3. The number of aryl methyl sites for hydroxylation is 1. The van der Waals surface area contributed by atoms with Gasteiger partial charge < -0.3 is 19.0 Å². The van der Waals surface area contributed by atoms with Crippen molar-refractivity contribution in [1.82, 2.24) is 24.3 Å². The van der Waals surface area contributed by atoms with Crippen molar-refractivity contribution in [3.8, 4) is 34.1 Å². The van der Waals surface area contributed by atoms with Gasteiger partial charge in [-0.15, -0.1) is 10.2 Å².